The molecule has 2 N–H and O–H groups in total. The molecule has 3 aromatic rings. The van der Waals surface area contributed by atoms with Crippen molar-refractivity contribution in [2.45, 2.75) is 77.5 Å². The van der Waals surface area contributed by atoms with Gasteiger partial charge >= 0.3 is 19.7 Å². The van der Waals surface area contributed by atoms with Crippen LogP contribution < -0.4 is 10.1 Å². The van der Waals surface area contributed by atoms with E-state index in [4.69, 9.17) is 28.2 Å². The van der Waals surface area contributed by atoms with Gasteiger partial charge in [0.1, 0.15) is 36.0 Å². The average Bonchev–Trinajstić information content (AvgIpc) is 3.57. The number of benzene rings is 1. The lowest BCUT2D eigenvalue weighted by Gasteiger charge is -2.25. The first-order chi connectivity index (χ1) is 20.6. The maximum Gasteiger partial charge on any atom is 0.413 e. The standard InChI is InChI=1S/C28H34N5O10P/c1-16(34)39-18-10-8-7-9-17(18)11-12-44(36,37)38-13-19-21-22(42-28(5,6)41-21)25(40-19)33-15-31-20-23(29-14-30-24(20)33)32-26(35)43-27(2,3)4/h7-12,14-15,19,21-22,25H,13H2,1-6H3,(H,36,37)(H,29,30,32,35)/t19-,21+,22?,25-/m1/s1. The maximum atomic E-state index is 12.9. The summed E-state index contributed by atoms with van der Waals surface area (Å²) in [7, 11) is -4.28. The normalized spacial score (nSPS) is 24.2. The highest BCUT2D eigenvalue weighted by Crippen LogP contribution is 2.48. The number of carbonyl (C=O) groups is 2. The van der Waals surface area contributed by atoms with Crippen LogP contribution in [0.2, 0.25) is 0 Å². The van der Waals surface area contributed by atoms with Gasteiger partial charge in [0.2, 0.25) is 0 Å². The van der Waals surface area contributed by atoms with Crippen LogP contribution in [0.3, 0.4) is 0 Å². The van der Waals surface area contributed by atoms with Gasteiger partial charge in [-0.3, -0.25) is 19.2 Å². The van der Waals surface area contributed by atoms with Gasteiger partial charge in [-0.1, -0.05) is 18.2 Å². The first-order valence-corrected chi connectivity index (χ1v) is 15.4. The molecule has 5 rings (SSSR count). The number of hydrogen-bond donors (Lipinski definition) is 2. The quantitative estimate of drug-likeness (QED) is 0.203. The highest BCUT2D eigenvalue weighted by Gasteiger charge is 2.56. The maximum absolute atomic E-state index is 12.9. The molecule has 2 unspecified atom stereocenters. The molecule has 2 aliphatic rings. The molecule has 0 bridgehead atoms. The first kappa shape index (κ1) is 31.7. The van der Waals surface area contributed by atoms with Crippen molar-refractivity contribution < 1.29 is 47.3 Å². The van der Waals surface area contributed by atoms with E-state index in [0.717, 1.165) is 5.82 Å². The molecule has 2 fully saturated rings. The molecule has 16 heteroatoms. The highest BCUT2D eigenvalue weighted by atomic mass is 31.2. The zero-order chi connectivity index (χ0) is 31.9. The Balaban J connectivity index is 1.33. The number of aromatic nitrogens is 4. The second kappa shape index (κ2) is 12.0. The van der Waals surface area contributed by atoms with Crippen molar-refractivity contribution in [2.24, 2.45) is 0 Å². The average molecular weight is 632 g/mol. The molecule has 1 amide bonds. The Labute approximate surface area is 253 Å². The predicted molar refractivity (Wildman–Crippen MR) is 155 cm³/mol. The van der Waals surface area contributed by atoms with Crippen LogP contribution >= 0.6 is 7.60 Å². The monoisotopic (exact) mass is 631 g/mol. The minimum Gasteiger partial charge on any atom is -0.444 e. The number of carbonyl (C=O) groups excluding carboxylic acids is 2. The summed E-state index contributed by atoms with van der Waals surface area (Å²) in [4.78, 5) is 47.2. The van der Waals surface area contributed by atoms with Crippen LogP contribution in [-0.4, -0.2) is 72.8 Å². The fourth-order valence-corrected chi connectivity index (χ4v) is 5.61. The summed E-state index contributed by atoms with van der Waals surface area (Å²) >= 11 is 0. The molecule has 2 saturated heterocycles. The van der Waals surface area contributed by atoms with Gasteiger partial charge in [-0.2, -0.15) is 0 Å². The summed E-state index contributed by atoms with van der Waals surface area (Å²) in [5.41, 5.74) is 0.332. The van der Waals surface area contributed by atoms with E-state index in [1.807, 2.05) is 0 Å². The molecule has 15 nitrogen and oxygen atoms in total. The van der Waals surface area contributed by atoms with E-state index in [9.17, 15) is 19.0 Å². The fourth-order valence-electron chi connectivity index (χ4n) is 4.81. The third-order valence-corrected chi connectivity index (χ3v) is 7.46. The van der Waals surface area contributed by atoms with Gasteiger partial charge < -0.3 is 33.1 Å². The zero-order valence-electron chi connectivity index (χ0n) is 25.0. The van der Waals surface area contributed by atoms with Gasteiger partial charge in [0, 0.05) is 18.3 Å². The number of hydrogen-bond acceptors (Lipinski definition) is 12. The smallest absolute Gasteiger partial charge is 0.413 e. The van der Waals surface area contributed by atoms with E-state index in [2.05, 4.69) is 20.3 Å². The van der Waals surface area contributed by atoms with Crippen molar-refractivity contribution in [3.05, 3.63) is 48.3 Å². The summed E-state index contributed by atoms with van der Waals surface area (Å²) < 4.78 is 48.9. The molecule has 0 radical (unpaired) electrons. The largest absolute Gasteiger partial charge is 0.444 e. The SMILES string of the molecule is CC(=O)Oc1ccccc1C=CP(=O)(O)OC[C@H]1O[C@@H](n2cnc3c(NC(=O)OC(C)(C)C)ncnc32)C2OC(C)(C)O[C@H]21. The molecule has 1 aromatic carbocycles. The van der Waals surface area contributed by atoms with Crippen molar-refractivity contribution in [1.82, 2.24) is 19.5 Å². The van der Waals surface area contributed by atoms with Crippen LogP contribution in [0.15, 0.2) is 42.7 Å². The van der Waals surface area contributed by atoms with Crippen LogP contribution in [-0.2, 0) is 32.8 Å². The van der Waals surface area contributed by atoms with Gasteiger partial charge in [-0.15, -0.1) is 0 Å². The second-order valence-corrected chi connectivity index (χ2v) is 13.3. The van der Waals surface area contributed by atoms with Crippen LogP contribution in [0.25, 0.3) is 17.2 Å². The predicted octanol–water partition coefficient (Wildman–Crippen LogP) is 4.39. The Bertz CT molecular complexity index is 1630. The lowest BCUT2D eigenvalue weighted by molar-refractivity contribution is -0.199. The topological polar surface area (TPSA) is 182 Å². The summed E-state index contributed by atoms with van der Waals surface area (Å²) in [5.74, 6) is -0.112. The third-order valence-electron chi connectivity index (χ3n) is 6.42. The molecule has 0 aliphatic carbocycles. The van der Waals surface area contributed by atoms with Crippen LogP contribution in [0.1, 0.15) is 53.3 Å². The lowest BCUT2D eigenvalue weighted by atomic mass is 10.1. The molecule has 4 heterocycles. The number of esters is 1. The van der Waals surface area contributed by atoms with E-state index in [0.29, 0.717) is 11.2 Å². The third kappa shape index (κ3) is 7.32. The molecule has 0 saturated carbocycles. The number of fused-ring (bicyclic) bond motifs is 2. The summed E-state index contributed by atoms with van der Waals surface area (Å²) in [6, 6.07) is 6.57. The fraction of sp³-hybridized carbons (Fsp3) is 0.464. The zero-order valence-corrected chi connectivity index (χ0v) is 25.9. The van der Waals surface area contributed by atoms with Crippen LogP contribution in [0.5, 0.6) is 5.75 Å². The molecular formula is C28H34N5O10P. The number of para-hydroxylation sites is 1. The molecular weight excluding hydrogens is 597 g/mol. The molecule has 5 atom stereocenters. The first-order valence-electron chi connectivity index (χ1n) is 13.7. The van der Waals surface area contributed by atoms with Gasteiger partial charge in [-0.05, 0) is 46.8 Å². The van der Waals surface area contributed by atoms with Crippen molar-refractivity contribution in [2.75, 3.05) is 11.9 Å². The number of amides is 1. The van der Waals surface area contributed by atoms with E-state index in [1.165, 1.54) is 25.7 Å². The van der Waals surface area contributed by atoms with E-state index < -0.39 is 55.6 Å². The Morgan fingerprint density at radius 2 is 1.89 bits per heavy atom. The Morgan fingerprint density at radius 1 is 1.16 bits per heavy atom. The van der Waals surface area contributed by atoms with Crippen LogP contribution in [0, 0.1) is 0 Å². The Hall–Kier alpha value is -3.72. The second-order valence-electron chi connectivity index (χ2n) is 11.6. The molecule has 2 aliphatic heterocycles. The van der Waals surface area contributed by atoms with Gasteiger partial charge in [0.05, 0.1) is 12.9 Å². The van der Waals surface area contributed by atoms with Gasteiger partial charge in [0.25, 0.3) is 0 Å². The molecule has 2 aromatic heterocycles. The number of imidazole rings is 1. The van der Waals surface area contributed by atoms with Crippen molar-refractivity contribution in [1.29, 1.82) is 0 Å². The number of rotatable bonds is 8. The minimum absolute atomic E-state index is 0.143. The number of ether oxygens (including phenoxy) is 5. The van der Waals surface area contributed by atoms with Crippen molar-refractivity contribution in [3.63, 3.8) is 0 Å². The lowest BCUT2D eigenvalue weighted by Crippen LogP contribution is -2.32. The van der Waals surface area contributed by atoms with Crippen LogP contribution in [0.4, 0.5) is 10.6 Å². The Kier molecular flexibility index (Phi) is 8.64. The number of nitrogens with zero attached hydrogens (tertiary/aromatic N) is 4. The Morgan fingerprint density at radius 3 is 2.61 bits per heavy atom. The minimum atomic E-state index is -4.28. The molecule has 236 valence electrons. The van der Waals surface area contributed by atoms with Gasteiger partial charge in [0.15, 0.2) is 29.0 Å². The van der Waals surface area contributed by atoms with Crippen molar-refractivity contribution >= 4 is 42.7 Å². The molecule has 44 heavy (non-hydrogen) atoms. The highest BCUT2D eigenvalue weighted by molar-refractivity contribution is 7.56. The summed E-state index contributed by atoms with van der Waals surface area (Å²) in [6.07, 6.45) is 0.442. The summed E-state index contributed by atoms with van der Waals surface area (Å²) in [5, 5.41) is 2.59. The molecule has 0 spiro atoms. The van der Waals surface area contributed by atoms with E-state index in [-0.39, 0.29) is 23.7 Å². The summed E-state index contributed by atoms with van der Waals surface area (Å²) in [6.45, 7) is 9.67. The number of anilines is 1. The number of nitrogens with one attached hydrogen (secondary N) is 1. The van der Waals surface area contributed by atoms with Gasteiger partial charge in [-0.25, -0.2) is 19.7 Å². The van der Waals surface area contributed by atoms with E-state index >= 15 is 0 Å². The van der Waals surface area contributed by atoms with Crippen molar-refractivity contribution in [3.8, 4) is 5.75 Å². The van der Waals surface area contributed by atoms with E-state index in [1.54, 1.807) is 63.5 Å².